The zero-order valence-corrected chi connectivity index (χ0v) is 5.92. The van der Waals surface area contributed by atoms with E-state index >= 15 is 0 Å². The first kappa shape index (κ1) is 7.83. The molecular weight excluding hydrogens is 184 g/mol. The van der Waals surface area contributed by atoms with Gasteiger partial charge in [-0.2, -0.15) is 10.1 Å². The lowest BCUT2D eigenvalue weighted by Gasteiger charge is -2.46. The molecule has 0 aliphatic carbocycles. The van der Waals surface area contributed by atoms with Gasteiger partial charge in [0, 0.05) is 0 Å². The van der Waals surface area contributed by atoms with Gasteiger partial charge in [-0.3, -0.25) is 29.6 Å². The maximum Gasteiger partial charge on any atom is 0.293 e. The van der Waals surface area contributed by atoms with Gasteiger partial charge in [-0.1, -0.05) is 0 Å². The van der Waals surface area contributed by atoms with Crippen molar-refractivity contribution < 1.29 is 29.6 Å². The average Bonchev–Trinajstić information content (AvgIpc) is 2.16. The number of carbonyl (C=O) groups is 4. The second-order valence-electron chi connectivity index (χ2n) is 2.59. The molecule has 2 rings (SSSR count). The van der Waals surface area contributed by atoms with Gasteiger partial charge in [-0.25, -0.2) is 0 Å². The number of carbonyl (C=O) groups excluding carboxylic acids is 4. The lowest BCUT2D eigenvalue weighted by molar-refractivity contribution is -0.245. The molecule has 2 saturated heterocycles. The third kappa shape index (κ3) is 0.470. The van der Waals surface area contributed by atoms with Gasteiger partial charge in [0.2, 0.25) is 0 Å². The van der Waals surface area contributed by atoms with E-state index in [1.165, 1.54) is 0 Å². The monoisotopic (exact) mass is 186 g/mol. The Kier molecular flexibility index (Phi) is 1.05. The van der Waals surface area contributed by atoms with Crippen LogP contribution in [0.15, 0.2) is 0 Å². The van der Waals surface area contributed by atoms with Crippen molar-refractivity contribution in [1.82, 2.24) is 10.1 Å². The van der Waals surface area contributed by atoms with Crippen LogP contribution in [0, 0.1) is 5.41 Å². The van der Waals surface area contributed by atoms with Crippen LogP contribution in [0.5, 0.6) is 0 Å². The van der Waals surface area contributed by atoms with Crippen LogP contribution in [-0.2, 0) is 19.2 Å². The Morgan fingerprint density at radius 3 is 1.23 bits per heavy atom. The van der Waals surface area contributed by atoms with Crippen molar-refractivity contribution in [2.24, 2.45) is 5.41 Å². The van der Waals surface area contributed by atoms with E-state index in [1.807, 2.05) is 0 Å². The van der Waals surface area contributed by atoms with Gasteiger partial charge in [0.15, 0.2) is 0 Å². The van der Waals surface area contributed by atoms with Crippen LogP contribution in [-0.4, -0.2) is 44.2 Å². The maximum absolute atomic E-state index is 10.8. The fraction of sp³-hybridized carbons (Fsp3) is 0.200. The molecule has 0 unspecified atom stereocenters. The minimum absolute atomic E-state index is 0.331. The predicted octanol–water partition coefficient (Wildman–Crippen LogP) is -2.51. The van der Waals surface area contributed by atoms with Crippen molar-refractivity contribution >= 4 is 23.6 Å². The summed E-state index contributed by atoms with van der Waals surface area (Å²) in [4.78, 5) is 43.3. The molecule has 2 N–H and O–H groups in total. The van der Waals surface area contributed by atoms with E-state index < -0.39 is 29.0 Å². The standard InChI is InChI=1S/C5H2N2O6/c8-1-5(2(9)6(1)12)3(10)7(13)4(5)11/h12-13H. The molecule has 8 heteroatoms. The van der Waals surface area contributed by atoms with E-state index in [1.54, 1.807) is 0 Å². The van der Waals surface area contributed by atoms with E-state index in [0.717, 1.165) is 0 Å². The van der Waals surface area contributed by atoms with Crippen molar-refractivity contribution in [2.45, 2.75) is 0 Å². The van der Waals surface area contributed by atoms with Gasteiger partial charge in [0.1, 0.15) is 0 Å². The topological polar surface area (TPSA) is 115 Å². The summed E-state index contributed by atoms with van der Waals surface area (Å²) in [6.07, 6.45) is 0. The van der Waals surface area contributed by atoms with Gasteiger partial charge in [-0.05, 0) is 0 Å². The van der Waals surface area contributed by atoms with E-state index in [0.29, 0.717) is 0 Å². The van der Waals surface area contributed by atoms with E-state index in [2.05, 4.69) is 0 Å². The Morgan fingerprint density at radius 1 is 0.769 bits per heavy atom. The van der Waals surface area contributed by atoms with Crippen molar-refractivity contribution in [3.63, 3.8) is 0 Å². The molecule has 0 saturated carbocycles. The van der Waals surface area contributed by atoms with Crippen molar-refractivity contribution in [1.29, 1.82) is 0 Å². The summed E-state index contributed by atoms with van der Waals surface area (Å²) >= 11 is 0. The van der Waals surface area contributed by atoms with Crippen LogP contribution >= 0.6 is 0 Å². The SMILES string of the molecule is O=C1N(O)C(=O)C12C(=O)N(O)C2=O. The molecule has 13 heavy (non-hydrogen) atoms. The summed E-state index contributed by atoms with van der Waals surface area (Å²) < 4.78 is 0. The van der Waals surface area contributed by atoms with Gasteiger partial charge in [-0.15, -0.1) is 0 Å². The van der Waals surface area contributed by atoms with Gasteiger partial charge in [0.05, 0.1) is 0 Å². The molecule has 0 radical (unpaired) electrons. The summed E-state index contributed by atoms with van der Waals surface area (Å²) in [6.45, 7) is 0. The lowest BCUT2D eigenvalue weighted by Crippen LogP contribution is -2.82. The van der Waals surface area contributed by atoms with Crippen LogP contribution < -0.4 is 0 Å². The van der Waals surface area contributed by atoms with E-state index in [4.69, 9.17) is 10.4 Å². The molecule has 1 spiro atoms. The number of nitrogens with zero attached hydrogens (tertiary/aromatic N) is 2. The molecule has 2 fully saturated rings. The number of amides is 4. The molecule has 0 bridgehead atoms. The van der Waals surface area contributed by atoms with Crippen LogP contribution in [0.25, 0.3) is 0 Å². The lowest BCUT2D eigenvalue weighted by atomic mass is 9.71. The van der Waals surface area contributed by atoms with Crippen molar-refractivity contribution in [3.8, 4) is 0 Å². The summed E-state index contributed by atoms with van der Waals surface area (Å²) in [7, 11) is 0. The highest BCUT2D eigenvalue weighted by atomic mass is 16.6. The summed E-state index contributed by atoms with van der Waals surface area (Å²) in [6, 6.07) is 0. The number of hydroxylamine groups is 4. The molecular formula is C5H2N2O6. The van der Waals surface area contributed by atoms with Crippen LogP contribution in [0.3, 0.4) is 0 Å². The molecule has 2 heterocycles. The normalized spacial score (nSPS) is 25.1. The highest BCUT2D eigenvalue weighted by Gasteiger charge is 2.81. The molecule has 2 aliphatic rings. The summed E-state index contributed by atoms with van der Waals surface area (Å²) in [5.74, 6) is -5.29. The summed E-state index contributed by atoms with van der Waals surface area (Å²) in [5.41, 5.74) is -2.48. The Morgan fingerprint density at radius 2 is 1.00 bits per heavy atom. The predicted molar refractivity (Wildman–Crippen MR) is 29.7 cm³/mol. The van der Waals surface area contributed by atoms with Crippen molar-refractivity contribution in [2.75, 3.05) is 0 Å². The minimum atomic E-state index is -2.48. The number of imide groups is 2. The second-order valence-corrected chi connectivity index (χ2v) is 2.59. The highest BCUT2D eigenvalue weighted by molar-refractivity contribution is 6.51. The Hall–Kier alpha value is -1.80. The van der Waals surface area contributed by atoms with Gasteiger partial charge < -0.3 is 0 Å². The van der Waals surface area contributed by atoms with Crippen molar-refractivity contribution in [3.05, 3.63) is 0 Å². The van der Waals surface area contributed by atoms with Gasteiger partial charge >= 0.3 is 0 Å². The van der Waals surface area contributed by atoms with Crippen LogP contribution in [0.1, 0.15) is 0 Å². The number of β-lactam (4-membered cyclic amide) rings is 4. The average molecular weight is 186 g/mol. The molecule has 68 valence electrons. The Bertz CT molecular complexity index is 302. The Labute approximate surface area is 69.8 Å². The third-order valence-electron chi connectivity index (χ3n) is 2.05. The highest BCUT2D eigenvalue weighted by Crippen LogP contribution is 2.42. The zero-order valence-electron chi connectivity index (χ0n) is 5.92. The summed E-state index contributed by atoms with van der Waals surface area (Å²) in [5, 5.41) is 16.4. The van der Waals surface area contributed by atoms with Crippen LogP contribution in [0.2, 0.25) is 0 Å². The smallest absolute Gasteiger partial charge is 0.278 e. The maximum atomic E-state index is 10.8. The third-order valence-corrected chi connectivity index (χ3v) is 2.05. The van der Waals surface area contributed by atoms with Gasteiger partial charge in [0.25, 0.3) is 29.0 Å². The number of rotatable bonds is 0. The molecule has 0 aromatic heterocycles. The molecule has 0 aromatic carbocycles. The first-order chi connectivity index (χ1) is 5.95. The number of hydrogen-bond acceptors (Lipinski definition) is 6. The minimum Gasteiger partial charge on any atom is -0.278 e. The number of hydrogen-bond donors (Lipinski definition) is 2. The van der Waals surface area contributed by atoms with E-state index in [9.17, 15) is 19.2 Å². The molecule has 2 aliphatic heterocycles. The Balaban J connectivity index is 2.46. The first-order valence-corrected chi connectivity index (χ1v) is 3.11. The second kappa shape index (κ2) is 1.75. The molecule has 0 aromatic rings. The molecule has 0 atom stereocenters. The first-order valence-electron chi connectivity index (χ1n) is 3.11. The van der Waals surface area contributed by atoms with Crippen LogP contribution in [0.4, 0.5) is 0 Å². The largest absolute Gasteiger partial charge is 0.293 e. The van der Waals surface area contributed by atoms with E-state index in [-0.39, 0.29) is 10.1 Å². The fourth-order valence-corrected chi connectivity index (χ4v) is 1.26. The quantitative estimate of drug-likeness (QED) is 0.245. The zero-order chi connectivity index (χ0) is 9.96. The molecule has 8 nitrogen and oxygen atoms in total. The fourth-order valence-electron chi connectivity index (χ4n) is 1.26. The molecule has 4 amide bonds.